The largest absolute Gasteiger partial charge is 0.389 e. The summed E-state index contributed by atoms with van der Waals surface area (Å²) in [5.41, 5.74) is 8.79. The van der Waals surface area contributed by atoms with Gasteiger partial charge in [-0.25, -0.2) is 0 Å². The van der Waals surface area contributed by atoms with Crippen molar-refractivity contribution < 1.29 is 0 Å². The molecule has 1 aromatic heterocycles. The first-order chi connectivity index (χ1) is 8.58. The van der Waals surface area contributed by atoms with E-state index < -0.39 is 0 Å². The van der Waals surface area contributed by atoms with Crippen molar-refractivity contribution in [2.24, 2.45) is 5.73 Å². The molecule has 3 N–H and O–H groups in total. The summed E-state index contributed by atoms with van der Waals surface area (Å²) in [5.74, 6) is 0. The van der Waals surface area contributed by atoms with Gasteiger partial charge in [0.25, 0.3) is 0 Å². The molecule has 1 atom stereocenters. The molecule has 1 heterocycles. The normalized spacial score (nSPS) is 12.1. The molecule has 0 aliphatic carbocycles. The lowest BCUT2D eigenvalue weighted by Gasteiger charge is -2.16. The molecule has 5 heteroatoms. The first-order valence-electron chi connectivity index (χ1n) is 5.46. The molecule has 18 heavy (non-hydrogen) atoms. The van der Waals surface area contributed by atoms with Crippen molar-refractivity contribution in [2.45, 2.75) is 13.0 Å². The molecule has 2 aromatic rings. The third-order valence-electron chi connectivity index (χ3n) is 2.67. The number of nitrogens with one attached hydrogen (secondary N) is 1. The molecule has 0 aliphatic heterocycles. The molecule has 0 bridgehead atoms. The second-order valence-corrected chi connectivity index (χ2v) is 6.06. The number of anilines is 1. The average Bonchev–Trinajstić information content (AvgIpc) is 2.85. The molecule has 0 aliphatic rings. The van der Waals surface area contributed by atoms with E-state index in [1.165, 1.54) is 5.56 Å². The second kappa shape index (κ2) is 5.82. The highest BCUT2D eigenvalue weighted by atomic mass is 79.9. The minimum atomic E-state index is 0.267. The van der Waals surface area contributed by atoms with E-state index in [9.17, 15) is 0 Å². The van der Waals surface area contributed by atoms with Crippen molar-refractivity contribution in [1.82, 2.24) is 0 Å². The first-order valence-corrected chi connectivity index (χ1v) is 7.60. The van der Waals surface area contributed by atoms with Crippen molar-refractivity contribution in [3.05, 3.63) is 50.6 Å². The Morgan fingerprint density at radius 1 is 1.44 bits per heavy atom. The summed E-state index contributed by atoms with van der Waals surface area (Å²) >= 11 is 10.2. The van der Waals surface area contributed by atoms with Gasteiger partial charge < -0.3 is 11.1 Å². The number of rotatable bonds is 4. The van der Waals surface area contributed by atoms with Crippen LogP contribution in [0.1, 0.15) is 24.1 Å². The SMILES string of the molecule is CC(Nc1ccc(C(N)=S)cc1Br)c1ccsc1. The van der Waals surface area contributed by atoms with Crippen LogP contribution in [0.3, 0.4) is 0 Å². The maximum atomic E-state index is 5.60. The molecule has 2 nitrogen and oxygen atoms in total. The lowest BCUT2D eigenvalue weighted by molar-refractivity contribution is 0.889. The van der Waals surface area contributed by atoms with E-state index in [0.29, 0.717) is 4.99 Å². The van der Waals surface area contributed by atoms with E-state index in [4.69, 9.17) is 18.0 Å². The standard InChI is InChI=1S/C13H13BrN2S2/c1-8(10-4-5-18-7-10)16-12-3-2-9(13(15)17)6-11(12)14/h2-8,16H,1H3,(H2,15,17). The van der Waals surface area contributed by atoms with Gasteiger partial charge in [0.2, 0.25) is 0 Å². The highest BCUT2D eigenvalue weighted by Gasteiger charge is 2.08. The molecule has 0 radical (unpaired) electrons. The number of hydrogen-bond acceptors (Lipinski definition) is 3. The first kappa shape index (κ1) is 13.5. The van der Waals surface area contributed by atoms with Crippen molar-refractivity contribution in [3.8, 4) is 0 Å². The summed E-state index contributed by atoms with van der Waals surface area (Å²) in [5, 5.41) is 7.68. The molecule has 0 fully saturated rings. The fourth-order valence-corrected chi connectivity index (χ4v) is 3.00. The van der Waals surface area contributed by atoms with Gasteiger partial charge in [-0.3, -0.25) is 0 Å². The minimum absolute atomic E-state index is 0.267. The number of thiophene rings is 1. The summed E-state index contributed by atoms with van der Waals surface area (Å²) in [6, 6.07) is 8.24. The maximum Gasteiger partial charge on any atom is 0.104 e. The fraction of sp³-hybridized carbons (Fsp3) is 0.154. The van der Waals surface area contributed by atoms with E-state index in [2.05, 4.69) is 45.0 Å². The summed E-state index contributed by atoms with van der Waals surface area (Å²) < 4.78 is 0.967. The van der Waals surface area contributed by atoms with E-state index in [1.807, 2.05) is 18.2 Å². The number of halogens is 1. The van der Waals surface area contributed by atoms with Crippen LogP contribution in [0.15, 0.2) is 39.5 Å². The zero-order valence-electron chi connectivity index (χ0n) is 9.81. The Balaban J connectivity index is 2.17. The van der Waals surface area contributed by atoms with E-state index in [-0.39, 0.29) is 6.04 Å². The number of hydrogen-bond donors (Lipinski definition) is 2. The molecule has 0 amide bonds. The summed E-state index contributed by atoms with van der Waals surface area (Å²) in [6.07, 6.45) is 0. The Labute approximate surface area is 124 Å². The van der Waals surface area contributed by atoms with Crippen LogP contribution in [0.2, 0.25) is 0 Å². The zero-order chi connectivity index (χ0) is 13.1. The van der Waals surface area contributed by atoms with Crippen LogP contribution in [0.5, 0.6) is 0 Å². The second-order valence-electron chi connectivity index (χ2n) is 3.98. The molecule has 1 unspecified atom stereocenters. The third kappa shape index (κ3) is 3.10. The van der Waals surface area contributed by atoms with E-state index in [0.717, 1.165) is 15.7 Å². The summed E-state index contributed by atoms with van der Waals surface area (Å²) in [4.78, 5) is 0.410. The Morgan fingerprint density at radius 3 is 2.78 bits per heavy atom. The number of nitrogens with two attached hydrogens (primary N) is 1. The van der Waals surface area contributed by atoms with Crippen LogP contribution in [-0.2, 0) is 0 Å². The lowest BCUT2D eigenvalue weighted by atomic mass is 10.1. The Morgan fingerprint density at radius 2 is 2.22 bits per heavy atom. The molecular formula is C13H13BrN2S2. The van der Waals surface area contributed by atoms with Crippen molar-refractivity contribution in [3.63, 3.8) is 0 Å². The van der Waals surface area contributed by atoms with Crippen LogP contribution in [0, 0.1) is 0 Å². The van der Waals surface area contributed by atoms with Gasteiger partial charge in [0.1, 0.15) is 4.99 Å². The zero-order valence-corrected chi connectivity index (χ0v) is 13.0. The molecular weight excluding hydrogens is 328 g/mol. The molecule has 0 saturated carbocycles. The smallest absolute Gasteiger partial charge is 0.104 e. The van der Waals surface area contributed by atoms with Crippen molar-refractivity contribution in [1.29, 1.82) is 0 Å². The highest BCUT2D eigenvalue weighted by Crippen LogP contribution is 2.28. The van der Waals surface area contributed by atoms with Gasteiger partial charge in [0.15, 0.2) is 0 Å². The number of thiocarbonyl (C=S) groups is 1. The molecule has 0 saturated heterocycles. The van der Waals surface area contributed by atoms with E-state index in [1.54, 1.807) is 11.3 Å². The van der Waals surface area contributed by atoms with Gasteiger partial charge in [-0.2, -0.15) is 11.3 Å². The van der Waals surface area contributed by atoms with Crippen LogP contribution in [0.25, 0.3) is 0 Å². The molecule has 0 spiro atoms. The van der Waals surface area contributed by atoms with Crippen LogP contribution in [-0.4, -0.2) is 4.99 Å². The quantitative estimate of drug-likeness (QED) is 0.814. The Bertz CT molecular complexity index is 552. The molecule has 1 aromatic carbocycles. The maximum absolute atomic E-state index is 5.60. The summed E-state index contributed by atoms with van der Waals surface area (Å²) in [6.45, 7) is 2.13. The predicted molar refractivity (Wildman–Crippen MR) is 86.4 cm³/mol. The lowest BCUT2D eigenvalue weighted by Crippen LogP contribution is -2.10. The van der Waals surface area contributed by atoms with Crippen LogP contribution in [0.4, 0.5) is 5.69 Å². The van der Waals surface area contributed by atoms with Gasteiger partial charge in [-0.15, -0.1) is 0 Å². The van der Waals surface area contributed by atoms with Gasteiger partial charge in [-0.05, 0) is 63.4 Å². The average molecular weight is 341 g/mol. The topological polar surface area (TPSA) is 38.0 Å². The number of benzene rings is 1. The van der Waals surface area contributed by atoms with Gasteiger partial charge >= 0.3 is 0 Å². The summed E-state index contributed by atoms with van der Waals surface area (Å²) in [7, 11) is 0. The van der Waals surface area contributed by atoms with Crippen LogP contribution >= 0.6 is 39.5 Å². The minimum Gasteiger partial charge on any atom is -0.389 e. The fourth-order valence-electron chi connectivity index (χ4n) is 1.62. The van der Waals surface area contributed by atoms with Gasteiger partial charge in [-0.1, -0.05) is 12.2 Å². The van der Waals surface area contributed by atoms with Gasteiger partial charge in [0.05, 0.1) is 0 Å². The Hall–Kier alpha value is -0.910. The molecule has 2 rings (SSSR count). The van der Waals surface area contributed by atoms with E-state index >= 15 is 0 Å². The highest BCUT2D eigenvalue weighted by molar-refractivity contribution is 9.10. The van der Waals surface area contributed by atoms with Crippen molar-refractivity contribution in [2.75, 3.05) is 5.32 Å². The van der Waals surface area contributed by atoms with Crippen molar-refractivity contribution >= 4 is 50.2 Å². The molecule has 94 valence electrons. The predicted octanol–water partition coefficient (Wildman–Crippen LogP) is 4.32. The third-order valence-corrected chi connectivity index (χ3v) is 4.26. The van der Waals surface area contributed by atoms with Crippen LogP contribution < -0.4 is 11.1 Å². The Kier molecular flexibility index (Phi) is 4.37. The van der Waals surface area contributed by atoms with Gasteiger partial charge in [0, 0.05) is 21.8 Å². The monoisotopic (exact) mass is 340 g/mol.